The summed E-state index contributed by atoms with van der Waals surface area (Å²) < 4.78 is 5.80. The molecule has 23 heavy (non-hydrogen) atoms. The van der Waals surface area contributed by atoms with Gasteiger partial charge in [-0.1, -0.05) is 35.4 Å². The Balaban J connectivity index is 1.94. The minimum atomic E-state index is 0.570. The summed E-state index contributed by atoms with van der Waals surface area (Å²) in [7, 11) is 0. The summed E-state index contributed by atoms with van der Waals surface area (Å²) in [6, 6.07) is 11.4. The Morgan fingerprint density at radius 1 is 1.04 bits per heavy atom. The SMILES string of the molecule is CC(C)=CCC/C(C)=C/COc1ccc2cc([C]=O)ccc2c1. The van der Waals surface area contributed by atoms with E-state index in [0.717, 1.165) is 29.4 Å². The number of hydrogen-bond donors (Lipinski definition) is 0. The van der Waals surface area contributed by atoms with Crippen LogP contribution in [0, 0.1) is 0 Å². The van der Waals surface area contributed by atoms with Crippen LogP contribution in [0.25, 0.3) is 10.8 Å². The van der Waals surface area contributed by atoms with Crippen LogP contribution in [-0.2, 0) is 4.79 Å². The van der Waals surface area contributed by atoms with E-state index in [1.54, 1.807) is 6.07 Å². The Morgan fingerprint density at radius 3 is 2.52 bits per heavy atom. The smallest absolute Gasteiger partial charge is 0.233 e. The van der Waals surface area contributed by atoms with Gasteiger partial charge in [0.1, 0.15) is 12.4 Å². The lowest BCUT2D eigenvalue weighted by atomic mass is 10.1. The predicted molar refractivity (Wildman–Crippen MR) is 96.7 cm³/mol. The molecule has 0 aromatic heterocycles. The second-order valence-electron chi connectivity index (χ2n) is 6.01. The molecule has 0 bridgehead atoms. The molecule has 0 saturated heterocycles. The first-order chi connectivity index (χ1) is 11.1. The molecule has 2 rings (SSSR count). The van der Waals surface area contributed by atoms with Crippen LogP contribution in [0.5, 0.6) is 5.75 Å². The van der Waals surface area contributed by atoms with Crippen LogP contribution in [0.4, 0.5) is 0 Å². The second-order valence-corrected chi connectivity index (χ2v) is 6.01. The third kappa shape index (κ3) is 5.41. The average molecular weight is 307 g/mol. The van der Waals surface area contributed by atoms with Crippen molar-refractivity contribution in [3.05, 3.63) is 65.3 Å². The molecular weight excluding hydrogens is 284 g/mol. The maximum atomic E-state index is 10.7. The van der Waals surface area contributed by atoms with Crippen molar-refractivity contribution in [2.24, 2.45) is 0 Å². The molecule has 0 spiro atoms. The van der Waals surface area contributed by atoms with Crippen molar-refractivity contribution < 1.29 is 9.53 Å². The lowest BCUT2D eigenvalue weighted by Crippen LogP contribution is -1.95. The molecule has 1 radical (unpaired) electrons. The number of allylic oxidation sites excluding steroid dienone is 3. The van der Waals surface area contributed by atoms with E-state index in [2.05, 4.69) is 32.9 Å². The Kier molecular flexibility index (Phi) is 6.16. The molecule has 2 nitrogen and oxygen atoms in total. The molecule has 2 aromatic carbocycles. The quantitative estimate of drug-likeness (QED) is 0.643. The van der Waals surface area contributed by atoms with Gasteiger partial charge in [0.25, 0.3) is 0 Å². The topological polar surface area (TPSA) is 26.3 Å². The fraction of sp³-hybridized carbons (Fsp3) is 0.286. The molecule has 119 valence electrons. The summed E-state index contributed by atoms with van der Waals surface area (Å²) in [5.41, 5.74) is 3.27. The highest BCUT2D eigenvalue weighted by atomic mass is 16.5. The van der Waals surface area contributed by atoms with Crippen LogP contribution in [0.1, 0.15) is 39.2 Å². The van der Waals surface area contributed by atoms with Crippen molar-refractivity contribution in [1.82, 2.24) is 0 Å². The van der Waals surface area contributed by atoms with E-state index in [9.17, 15) is 4.79 Å². The Bertz CT molecular complexity index is 735. The number of ether oxygens (including phenoxy) is 1. The van der Waals surface area contributed by atoms with E-state index >= 15 is 0 Å². The van der Waals surface area contributed by atoms with Gasteiger partial charge in [-0.05, 0) is 68.7 Å². The van der Waals surface area contributed by atoms with E-state index in [1.807, 2.05) is 36.6 Å². The molecule has 2 heteroatoms. The van der Waals surface area contributed by atoms with Crippen molar-refractivity contribution in [2.75, 3.05) is 6.61 Å². The van der Waals surface area contributed by atoms with E-state index in [-0.39, 0.29) is 0 Å². The molecule has 0 amide bonds. The zero-order chi connectivity index (χ0) is 16.7. The number of hydrogen-bond acceptors (Lipinski definition) is 2. The van der Waals surface area contributed by atoms with Crippen LogP contribution in [0.3, 0.4) is 0 Å². The highest BCUT2D eigenvalue weighted by Gasteiger charge is 1.99. The van der Waals surface area contributed by atoms with E-state index in [0.29, 0.717) is 12.2 Å². The van der Waals surface area contributed by atoms with Crippen LogP contribution < -0.4 is 4.74 Å². The molecule has 0 saturated carbocycles. The zero-order valence-electron chi connectivity index (χ0n) is 14.1. The van der Waals surface area contributed by atoms with Gasteiger partial charge in [0.15, 0.2) is 0 Å². The number of rotatable bonds is 7. The maximum absolute atomic E-state index is 10.7. The van der Waals surface area contributed by atoms with Gasteiger partial charge in [0.2, 0.25) is 6.29 Å². The van der Waals surface area contributed by atoms with Crippen LogP contribution in [0.2, 0.25) is 0 Å². The second kappa shape index (κ2) is 8.33. The van der Waals surface area contributed by atoms with Crippen LogP contribution >= 0.6 is 0 Å². The van der Waals surface area contributed by atoms with Gasteiger partial charge in [-0.15, -0.1) is 0 Å². The Labute approximate surface area is 138 Å². The Morgan fingerprint density at radius 2 is 1.78 bits per heavy atom. The molecule has 0 atom stereocenters. The summed E-state index contributed by atoms with van der Waals surface area (Å²) >= 11 is 0. The first kappa shape index (κ1) is 17.0. The first-order valence-electron chi connectivity index (χ1n) is 7.92. The van der Waals surface area contributed by atoms with Gasteiger partial charge in [-0.2, -0.15) is 0 Å². The number of fused-ring (bicyclic) bond motifs is 1. The van der Waals surface area contributed by atoms with Crippen LogP contribution in [0.15, 0.2) is 59.7 Å². The lowest BCUT2D eigenvalue weighted by molar-refractivity contribution is 0.362. The average Bonchev–Trinajstić information content (AvgIpc) is 2.54. The first-order valence-corrected chi connectivity index (χ1v) is 7.92. The third-order valence-corrected chi connectivity index (χ3v) is 3.70. The molecular formula is C21H23O2. The van der Waals surface area contributed by atoms with Crippen molar-refractivity contribution in [2.45, 2.75) is 33.6 Å². The summed E-state index contributed by atoms with van der Waals surface area (Å²) in [6.07, 6.45) is 8.45. The molecule has 0 aliphatic heterocycles. The van der Waals surface area contributed by atoms with Gasteiger partial charge < -0.3 is 4.74 Å². The van der Waals surface area contributed by atoms with Crippen molar-refractivity contribution in [3.8, 4) is 5.75 Å². The molecule has 0 unspecified atom stereocenters. The summed E-state index contributed by atoms with van der Waals surface area (Å²) in [4.78, 5) is 10.7. The van der Waals surface area contributed by atoms with E-state index < -0.39 is 0 Å². The molecule has 0 aliphatic rings. The predicted octanol–water partition coefficient (Wildman–Crippen LogP) is 5.37. The monoisotopic (exact) mass is 307 g/mol. The number of benzene rings is 2. The standard InChI is InChI=1S/C21H23O2/c1-16(2)5-4-6-17(3)11-12-23-21-10-9-19-13-18(15-22)7-8-20(19)14-21/h5,7-11,13-14H,4,6,12H2,1-3H3/b17-11+. The highest BCUT2D eigenvalue weighted by Crippen LogP contribution is 2.22. The van der Waals surface area contributed by atoms with Gasteiger partial charge in [0, 0.05) is 5.56 Å². The van der Waals surface area contributed by atoms with Crippen molar-refractivity contribution in [3.63, 3.8) is 0 Å². The van der Waals surface area contributed by atoms with Gasteiger partial charge >= 0.3 is 0 Å². The lowest BCUT2D eigenvalue weighted by Gasteiger charge is -2.06. The van der Waals surface area contributed by atoms with Crippen molar-refractivity contribution in [1.29, 1.82) is 0 Å². The largest absolute Gasteiger partial charge is 0.490 e. The van der Waals surface area contributed by atoms with Gasteiger partial charge in [-0.25, -0.2) is 0 Å². The highest BCUT2D eigenvalue weighted by molar-refractivity contribution is 5.89. The van der Waals surface area contributed by atoms with Gasteiger partial charge in [-0.3, -0.25) is 4.79 Å². The van der Waals surface area contributed by atoms with E-state index in [1.165, 1.54) is 11.1 Å². The molecule has 0 N–H and O–H groups in total. The molecule has 0 heterocycles. The molecule has 2 aromatic rings. The van der Waals surface area contributed by atoms with E-state index in [4.69, 9.17) is 4.74 Å². The molecule has 0 aliphatic carbocycles. The minimum Gasteiger partial charge on any atom is -0.490 e. The number of carbonyl (C=O) groups excluding carboxylic acids is 1. The summed E-state index contributed by atoms with van der Waals surface area (Å²) in [6.45, 7) is 6.96. The zero-order valence-corrected chi connectivity index (χ0v) is 14.1. The third-order valence-electron chi connectivity index (χ3n) is 3.70. The van der Waals surface area contributed by atoms with Crippen LogP contribution in [-0.4, -0.2) is 12.9 Å². The summed E-state index contributed by atoms with van der Waals surface area (Å²) in [5, 5.41) is 2.08. The Hall–Kier alpha value is -2.35. The fourth-order valence-electron chi connectivity index (χ4n) is 2.35. The normalized spacial score (nSPS) is 11.3. The maximum Gasteiger partial charge on any atom is 0.233 e. The fourth-order valence-corrected chi connectivity index (χ4v) is 2.35. The van der Waals surface area contributed by atoms with Crippen molar-refractivity contribution >= 4 is 17.1 Å². The summed E-state index contributed by atoms with van der Waals surface area (Å²) in [5.74, 6) is 0.841. The molecule has 0 fully saturated rings. The van der Waals surface area contributed by atoms with Gasteiger partial charge in [0.05, 0.1) is 0 Å². The minimum absolute atomic E-state index is 0.570.